The summed E-state index contributed by atoms with van der Waals surface area (Å²) in [4.78, 5) is 52.4. The molecule has 34 nitrogen and oxygen atoms in total. The number of benzene rings is 8. The van der Waals surface area contributed by atoms with E-state index in [1.54, 1.807) is 121 Å². The number of halogens is 6. The Balaban J connectivity index is 0.000000169. The minimum absolute atomic E-state index is 0. The van der Waals surface area contributed by atoms with E-state index in [4.69, 9.17) is 84.0 Å². The number of H-pyrrole nitrogens is 4. The summed E-state index contributed by atoms with van der Waals surface area (Å²) in [7, 11) is -11.7. The van der Waals surface area contributed by atoms with Crippen molar-refractivity contribution >= 4 is 227 Å². The molecular formula is C64H28Cl6N16NiO18S8. The van der Waals surface area contributed by atoms with Crippen molar-refractivity contribution in [1.29, 1.82) is 0 Å². The maximum Gasteiger partial charge on any atom is 2.00 e. The van der Waals surface area contributed by atoms with E-state index in [1.807, 2.05) is 24.3 Å². The van der Waals surface area contributed by atoms with Gasteiger partial charge in [0.2, 0.25) is 0 Å². The minimum atomic E-state index is -6.15. The van der Waals surface area contributed by atoms with E-state index in [2.05, 4.69) is 59.8 Å². The van der Waals surface area contributed by atoms with Crippen LogP contribution in [-0.4, -0.2) is 156 Å². The number of rotatable bonds is 8. The molecule has 0 unspecified atom stereocenters. The number of aromatic nitrogens is 16. The molecule has 4 aliphatic heterocycles. The molecule has 0 saturated carbocycles. The predicted molar refractivity (Wildman–Crippen MR) is 406 cm³/mol. The molecule has 4 aliphatic rings. The molecule has 16 bridgehead atoms. The van der Waals surface area contributed by atoms with Crippen LogP contribution in [0.2, 0.25) is 0 Å². The van der Waals surface area contributed by atoms with Gasteiger partial charge in [-0.1, -0.05) is 146 Å². The summed E-state index contributed by atoms with van der Waals surface area (Å²) in [6.45, 7) is 0. The Morgan fingerprint density at radius 3 is 0.540 bits per heavy atom. The van der Waals surface area contributed by atoms with Crippen LogP contribution in [0.4, 0.5) is 0 Å². The largest absolute Gasteiger partial charge is 2.00 e. The van der Waals surface area contributed by atoms with Gasteiger partial charge in [0.05, 0.1) is 20.6 Å². The Labute approximate surface area is 669 Å². The van der Waals surface area contributed by atoms with Crippen LogP contribution in [-0.2, 0) is 91.0 Å². The van der Waals surface area contributed by atoms with Gasteiger partial charge in [-0.15, -0.1) is 0 Å². The number of hydrogen-bond donors (Lipinski definition) is 4. The van der Waals surface area contributed by atoms with Crippen LogP contribution in [0.3, 0.4) is 0 Å². The van der Waals surface area contributed by atoms with Gasteiger partial charge in [0.25, 0.3) is 54.3 Å². The molecular weight excluding hydrogens is 1810 g/mol. The average molecular weight is 1840 g/mol. The second-order valence-corrected chi connectivity index (χ2v) is 41.8. The van der Waals surface area contributed by atoms with Crippen molar-refractivity contribution in [3.63, 3.8) is 0 Å². The molecule has 572 valence electrons. The Kier molecular flexibility index (Phi) is 18.2. The third kappa shape index (κ3) is 13.1. The molecule has 0 amide bonds. The van der Waals surface area contributed by atoms with E-state index in [1.165, 1.54) is 0 Å². The molecule has 10 heterocycles. The minimum Gasteiger partial charge on any atom is -0.744 e. The zero-order chi connectivity index (χ0) is 79.4. The Morgan fingerprint density at radius 2 is 0.363 bits per heavy atom. The molecule has 6 aromatic heterocycles. The van der Waals surface area contributed by atoms with Crippen LogP contribution in [0.1, 0.15) is 0 Å². The van der Waals surface area contributed by atoms with Crippen molar-refractivity contribution in [3.8, 4) is 91.1 Å². The summed E-state index contributed by atoms with van der Waals surface area (Å²) in [5, 5.41) is -1.54. The van der Waals surface area contributed by atoms with Crippen molar-refractivity contribution in [2.75, 3.05) is 0 Å². The molecule has 0 saturated heterocycles. The SMILES string of the molecule is O=S(=O)([O-])c1c(S(=O)(=O)Cl)c(S(=O)(=O)Cl)c(S(=O)(=O)Cl)c2c3nc4nc(nc5[nH]c(nc6nc(nc([nH]3)c12)-c1ccccc1-6)c1ccccc51)-c1ccccc1-4.O=S(=O)([O-])c1c(S(=O)(=O)Cl)c(S(=O)(=O)Cl)c(S(=O)(=O)Cl)c2c3nc4nc(nc5[nH]c(nc6nc(nc([nH]3)c12)-c1ccccc1-6)c1ccccc51)-c1ccccc1-4.[Ni+2]. The van der Waals surface area contributed by atoms with Gasteiger partial charge < -0.3 is 29.0 Å². The standard InChI is InChI=1S/2C32H15Cl3N8O9S4.Ni/c2*33-53(44,45)21-19-20(22(56(50,51)52)24(55(35,48)49)23(21)54(34,46)47)32-42-30-18-12-6-4-10-16(18)28(40-30)38-26-14-8-2-1-7-13(14)25(36-26)37-27-15-9-3-5-11-17(15)29(39-27)41-31(19)43-32;/h2*1-12H,(H,50,51,52)(H2,36,37,38,39,40,41,42,43);/q;;+2/p-2. The van der Waals surface area contributed by atoms with Gasteiger partial charge in [0, 0.05) is 141 Å². The van der Waals surface area contributed by atoms with Crippen molar-refractivity contribution in [2.24, 2.45) is 0 Å². The van der Waals surface area contributed by atoms with Gasteiger partial charge >= 0.3 is 16.5 Å². The summed E-state index contributed by atoms with van der Waals surface area (Å²) < 4.78 is 238. The maximum absolute atomic E-state index is 13.4. The second-order valence-electron chi connectivity index (χ2n) is 24.2. The number of nitrogens with one attached hydrogen (secondary N) is 4. The van der Waals surface area contributed by atoms with Gasteiger partial charge in [-0.3, -0.25) is 0 Å². The fourth-order valence-electron chi connectivity index (χ4n) is 13.4. The van der Waals surface area contributed by atoms with E-state index in [0.29, 0.717) is 88.6 Å². The molecule has 0 atom stereocenters. The first-order valence-corrected chi connectivity index (χ1v) is 47.6. The summed E-state index contributed by atoms with van der Waals surface area (Å²) in [6.07, 6.45) is 0. The van der Waals surface area contributed by atoms with Crippen molar-refractivity contribution in [3.05, 3.63) is 146 Å². The summed E-state index contributed by atoms with van der Waals surface area (Å²) >= 11 is 0. The molecule has 49 heteroatoms. The first kappa shape index (κ1) is 77.2. The first-order valence-electron chi connectivity index (χ1n) is 30.9. The third-order valence-corrected chi connectivity index (χ3v) is 28.3. The maximum atomic E-state index is 13.4. The summed E-state index contributed by atoms with van der Waals surface area (Å²) in [6, 6.07) is 40.6. The van der Waals surface area contributed by atoms with Gasteiger partial charge in [-0.2, -0.15) is 0 Å². The van der Waals surface area contributed by atoms with Crippen LogP contribution in [0.25, 0.3) is 179 Å². The Bertz CT molecular complexity index is 7260. The van der Waals surface area contributed by atoms with Gasteiger partial charge in [-0.05, 0) is 0 Å². The van der Waals surface area contributed by atoms with E-state index >= 15 is 0 Å². The number of fused-ring (bicyclic) bond motifs is 40. The monoisotopic (exact) mass is 1830 g/mol. The molecule has 0 aliphatic carbocycles. The van der Waals surface area contributed by atoms with E-state index in [9.17, 15) is 76.4 Å². The summed E-state index contributed by atoms with van der Waals surface area (Å²) in [5.41, 5.74) is 1.38. The van der Waals surface area contributed by atoms with Crippen molar-refractivity contribution in [1.82, 2.24) is 79.7 Å². The van der Waals surface area contributed by atoms with Gasteiger partial charge in [0.1, 0.15) is 94.8 Å². The molecule has 14 aromatic rings. The van der Waals surface area contributed by atoms with Crippen molar-refractivity contribution in [2.45, 2.75) is 39.2 Å². The fourth-order valence-corrected chi connectivity index (χ4v) is 27.4. The number of hydrogen-bond acceptors (Lipinski definition) is 30. The molecule has 4 N–H and O–H groups in total. The number of aromatic amines is 4. The van der Waals surface area contributed by atoms with Crippen molar-refractivity contribution < 1.29 is 92.9 Å². The number of nitrogens with zero attached hydrogens (tertiary/aromatic N) is 12. The van der Waals surface area contributed by atoms with Gasteiger partial charge in [-0.25, -0.2) is 127 Å². The van der Waals surface area contributed by atoms with Crippen LogP contribution in [0.5, 0.6) is 0 Å². The third-order valence-electron chi connectivity index (χ3n) is 17.6. The molecule has 0 spiro atoms. The molecule has 0 radical (unpaired) electrons. The van der Waals surface area contributed by atoms with E-state index in [0.717, 1.165) is 0 Å². The molecule has 113 heavy (non-hydrogen) atoms. The molecule has 0 fully saturated rings. The van der Waals surface area contributed by atoms with Crippen LogP contribution in [0.15, 0.2) is 185 Å². The summed E-state index contributed by atoms with van der Waals surface area (Å²) in [5.74, 6) is -0.403. The van der Waals surface area contributed by atoms with Crippen LogP contribution < -0.4 is 0 Å². The van der Waals surface area contributed by atoms with Crippen LogP contribution in [0, 0.1) is 0 Å². The Hall–Kier alpha value is -9.77. The zero-order valence-corrected chi connectivity index (χ0v) is 66.5. The first-order chi connectivity index (χ1) is 52.6. The molecule has 18 rings (SSSR count). The van der Waals surface area contributed by atoms with E-state index in [-0.39, 0.29) is 63.1 Å². The van der Waals surface area contributed by atoms with Gasteiger partial charge in [0.15, 0.2) is 46.6 Å². The second kappa shape index (κ2) is 26.7. The van der Waals surface area contributed by atoms with E-state index < -0.39 is 158 Å². The average Bonchev–Trinajstić information content (AvgIpc) is 1.65. The van der Waals surface area contributed by atoms with Crippen LogP contribution >= 0.6 is 64.1 Å². The smallest absolute Gasteiger partial charge is 0.744 e. The zero-order valence-electron chi connectivity index (χ0n) is 54.4. The predicted octanol–water partition coefficient (Wildman–Crippen LogP) is 11.1. The fraction of sp³-hybridized carbons (Fsp3) is 0. The normalized spacial score (nSPS) is 13.1. The molecule has 8 aromatic carbocycles. The topological polar surface area (TPSA) is 537 Å². The quantitative estimate of drug-likeness (QED) is 0.0623. The Morgan fingerprint density at radius 1 is 0.212 bits per heavy atom.